The van der Waals surface area contributed by atoms with Crippen molar-refractivity contribution in [1.82, 2.24) is 0 Å². The van der Waals surface area contributed by atoms with E-state index in [1.54, 1.807) is 0 Å². The number of unbranched alkanes of at least 4 members (excludes halogenated alkanes) is 2. The normalized spacial score (nSPS) is 10.3. The molecule has 15 heavy (non-hydrogen) atoms. The van der Waals surface area contributed by atoms with E-state index < -0.39 is 0 Å². The quantitative estimate of drug-likeness (QED) is 0.558. The molecule has 2 heteroatoms. The van der Waals surface area contributed by atoms with E-state index in [1.807, 2.05) is 0 Å². The van der Waals surface area contributed by atoms with Crippen LogP contribution >= 0.6 is 15.9 Å². The van der Waals surface area contributed by atoms with Crippen LogP contribution in [0.25, 0.3) is 0 Å². The monoisotopic (exact) mass is 269 g/mol. The second kappa shape index (κ2) is 6.89. The minimum absolute atomic E-state index is 1.13. The lowest BCUT2D eigenvalue weighted by Crippen LogP contribution is -2.19. The minimum atomic E-state index is 1.13. The predicted molar refractivity (Wildman–Crippen MR) is 72.1 cm³/mol. The van der Waals surface area contributed by atoms with Crippen LogP contribution in [0.4, 0.5) is 5.69 Å². The number of hydrogen-bond acceptors (Lipinski definition) is 1. The molecule has 0 aromatic heterocycles. The zero-order chi connectivity index (χ0) is 11.1. The fraction of sp³-hybridized carbons (Fsp3) is 0.538. The summed E-state index contributed by atoms with van der Waals surface area (Å²) in [6.07, 6.45) is 3.86. The molecule has 1 rings (SSSR count). The van der Waals surface area contributed by atoms with Gasteiger partial charge in [-0.2, -0.15) is 0 Å². The molecule has 0 aliphatic rings. The summed E-state index contributed by atoms with van der Waals surface area (Å²) < 4.78 is 0. The van der Waals surface area contributed by atoms with Crippen LogP contribution in [-0.4, -0.2) is 18.9 Å². The Labute approximate surface area is 102 Å². The Morgan fingerprint density at radius 2 is 1.87 bits per heavy atom. The van der Waals surface area contributed by atoms with Crippen LogP contribution in [0.3, 0.4) is 0 Å². The maximum Gasteiger partial charge on any atom is 0.0393 e. The van der Waals surface area contributed by atoms with Gasteiger partial charge in [-0.05, 0) is 31.4 Å². The van der Waals surface area contributed by atoms with Crippen molar-refractivity contribution in [2.24, 2.45) is 0 Å². The number of nitrogens with zero attached hydrogens (tertiary/aromatic N) is 1. The van der Waals surface area contributed by atoms with Gasteiger partial charge in [-0.1, -0.05) is 40.5 Å². The van der Waals surface area contributed by atoms with Crippen molar-refractivity contribution in [2.75, 3.05) is 23.8 Å². The molecule has 1 aromatic rings. The highest BCUT2D eigenvalue weighted by atomic mass is 79.9. The van der Waals surface area contributed by atoms with Gasteiger partial charge in [0.05, 0.1) is 0 Å². The summed E-state index contributed by atoms with van der Waals surface area (Å²) in [6, 6.07) is 8.57. The lowest BCUT2D eigenvalue weighted by molar-refractivity contribution is 0.710. The van der Waals surface area contributed by atoms with E-state index in [4.69, 9.17) is 0 Å². The minimum Gasteiger partial charge on any atom is -0.374 e. The van der Waals surface area contributed by atoms with Gasteiger partial charge in [0.1, 0.15) is 0 Å². The molecule has 0 spiro atoms. The molecule has 0 aliphatic carbocycles. The van der Waals surface area contributed by atoms with Crippen molar-refractivity contribution in [3.8, 4) is 0 Å². The maximum absolute atomic E-state index is 3.46. The van der Waals surface area contributed by atoms with Gasteiger partial charge < -0.3 is 4.90 Å². The number of halogens is 1. The molecule has 0 heterocycles. The first kappa shape index (κ1) is 12.6. The third-order valence-corrected chi connectivity index (χ3v) is 3.21. The maximum atomic E-state index is 3.46. The fourth-order valence-electron chi connectivity index (χ4n) is 1.73. The summed E-state index contributed by atoms with van der Waals surface area (Å²) >= 11 is 3.46. The SMILES string of the molecule is Cc1ccccc1N(C)CCCCCBr. The highest BCUT2D eigenvalue weighted by Crippen LogP contribution is 2.18. The van der Waals surface area contributed by atoms with E-state index in [-0.39, 0.29) is 0 Å². The second-order valence-electron chi connectivity index (χ2n) is 3.96. The van der Waals surface area contributed by atoms with Gasteiger partial charge in [0.25, 0.3) is 0 Å². The lowest BCUT2D eigenvalue weighted by Gasteiger charge is -2.21. The van der Waals surface area contributed by atoms with Gasteiger partial charge in [0, 0.05) is 24.6 Å². The van der Waals surface area contributed by atoms with Gasteiger partial charge in [0.2, 0.25) is 0 Å². The molecule has 0 fully saturated rings. The molecule has 0 N–H and O–H groups in total. The Balaban J connectivity index is 2.40. The van der Waals surface area contributed by atoms with Crippen molar-refractivity contribution in [3.05, 3.63) is 29.8 Å². The molecule has 0 radical (unpaired) electrons. The van der Waals surface area contributed by atoms with Crippen LogP contribution in [0, 0.1) is 6.92 Å². The van der Waals surface area contributed by atoms with Crippen molar-refractivity contribution < 1.29 is 0 Å². The van der Waals surface area contributed by atoms with Crippen LogP contribution in [0.5, 0.6) is 0 Å². The molecule has 0 saturated carbocycles. The molecule has 0 unspecified atom stereocenters. The van der Waals surface area contributed by atoms with E-state index in [0.717, 1.165) is 11.9 Å². The van der Waals surface area contributed by atoms with E-state index >= 15 is 0 Å². The number of alkyl halides is 1. The van der Waals surface area contributed by atoms with E-state index in [0.29, 0.717) is 0 Å². The fourth-order valence-corrected chi connectivity index (χ4v) is 2.13. The Morgan fingerprint density at radius 3 is 2.53 bits per heavy atom. The van der Waals surface area contributed by atoms with Crippen LogP contribution in [0.15, 0.2) is 24.3 Å². The molecular weight excluding hydrogens is 250 g/mol. The third kappa shape index (κ3) is 4.25. The summed E-state index contributed by atoms with van der Waals surface area (Å²) in [5.74, 6) is 0. The Morgan fingerprint density at radius 1 is 1.13 bits per heavy atom. The summed E-state index contributed by atoms with van der Waals surface area (Å²) in [5.41, 5.74) is 2.72. The third-order valence-electron chi connectivity index (χ3n) is 2.65. The van der Waals surface area contributed by atoms with Crippen molar-refractivity contribution >= 4 is 21.6 Å². The number of benzene rings is 1. The lowest BCUT2D eigenvalue weighted by atomic mass is 10.1. The van der Waals surface area contributed by atoms with Gasteiger partial charge in [0.15, 0.2) is 0 Å². The molecule has 1 aromatic carbocycles. The average Bonchev–Trinajstić information content (AvgIpc) is 2.25. The molecular formula is C13H20BrN. The molecule has 84 valence electrons. The van der Waals surface area contributed by atoms with Crippen LogP contribution in [0.2, 0.25) is 0 Å². The Bertz CT molecular complexity index is 286. The standard InChI is InChI=1S/C13H20BrN/c1-12-8-4-5-9-13(12)15(2)11-7-3-6-10-14/h4-5,8-9H,3,6-7,10-11H2,1-2H3. The van der Waals surface area contributed by atoms with Gasteiger partial charge in [-0.25, -0.2) is 0 Å². The summed E-state index contributed by atoms with van der Waals surface area (Å²) in [5, 5.41) is 1.13. The van der Waals surface area contributed by atoms with Crippen molar-refractivity contribution in [3.63, 3.8) is 0 Å². The largest absolute Gasteiger partial charge is 0.374 e. The molecule has 1 nitrogen and oxygen atoms in total. The van der Waals surface area contributed by atoms with E-state index in [2.05, 4.69) is 59.1 Å². The first-order valence-corrected chi connectivity index (χ1v) is 6.70. The number of rotatable bonds is 6. The Kier molecular flexibility index (Phi) is 5.77. The first-order chi connectivity index (χ1) is 7.25. The summed E-state index contributed by atoms with van der Waals surface area (Å²) in [7, 11) is 2.18. The number of aryl methyl sites for hydroxylation is 1. The Hall–Kier alpha value is -0.500. The summed E-state index contributed by atoms with van der Waals surface area (Å²) in [4.78, 5) is 2.35. The zero-order valence-electron chi connectivity index (χ0n) is 9.67. The number of anilines is 1. The first-order valence-electron chi connectivity index (χ1n) is 5.58. The smallest absolute Gasteiger partial charge is 0.0393 e. The molecule has 0 aliphatic heterocycles. The van der Waals surface area contributed by atoms with Gasteiger partial charge in [-0.15, -0.1) is 0 Å². The highest BCUT2D eigenvalue weighted by Gasteiger charge is 2.02. The van der Waals surface area contributed by atoms with Gasteiger partial charge >= 0.3 is 0 Å². The topological polar surface area (TPSA) is 3.24 Å². The van der Waals surface area contributed by atoms with E-state index in [1.165, 1.54) is 30.5 Å². The molecule has 0 atom stereocenters. The number of hydrogen-bond donors (Lipinski definition) is 0. The highest BCUT2D eigenvalue weighted by molar-refractivity contribution is 9.09. The zero-order valence-corrected chi connectivity index (χ0v) is 11.3. The van der Waals surface area contributed by atoms with E-state index in [9.17, 15) is 0 Å². The molecule has 0 saturated heterocycles. The number of para-hydroxylation sites is 1. The van der Waals surface area contributed by atoms with Crippen LogP contribution in [-0.2, 0) is 0 Å². The second-order valence-corrected chi connectivity index (χ2v) is 4.75. The van der Waals surface area contributed by atoms with Crippen LogP contribution in [0.1, 0.15) is 24.8 Å². The molecule has 0 amide bonds. The van der Waals surface area contributed by atoms with Crippen LogP contribution < -0.4 is 4.90 Å². The van der Waals surface area contributed by atoms with Crippen molar-refractivity contribution in [2.45, 2.75) is 26.2 Å². The van der Waals surface area contributed by atoms with Gasteiger partial charge in [-0.3, -0.25) is 0 Å². The van der Waals surface area contributed by atoms with Crippen molar-refractivity contribution in [1.29, 1.82) is 0 Å². The molecule has 0 bridgehead atoms. The average molecular weight is 270 g/mol. The summed E-state index contributed by atoms with van der Waals surface area (Å²) in [6.45, 7) is 3.32. The predicted octanol–water partition coefficient (Wildman–Crippen LogP) is 4.00.